The van der Waals surface area contributed by atoms with Gasteiger partial charge in [-0.3, -0.25) is 4.79 Å². The van der Waals surface area contributed by atoms with Crippen molar-refractivity contribution in [2.75, 3.05) is 5.32 Å². The number of hydrogen-bond acceptors (Lipinski definition) is 5. The molecule has 0 radical (unpaired) electrons. The third-order valence-corrected chi connectivity index (χ3v) is 3.53. The summed E-state index contributed by atoms with van der Waals surface area (Å²) in [6.07, 6.45) is 0. The third-order valence-electron chi connectivity index (χ3n) is 2.48. The summed E-state index contributed by atoms with van der Waals surface area (Å²) in [6, 6.07) is 9.44. The molecule has 6 heteroatoms. The average molecular weight is 290 g/mol. The zero-order chi connectivity index (χ0) is 14.5. The summed E-state index contributed by atoms with van der Waals surface area (Å²) in [4.78, 5) is 27.4. The van der Waals surface area contributed by atoms with Crippen molar-refractivity contribution < 1.29 is 14.3 Å². The molecule has 1 aromatic heterocycles. The smallest absolute Gasteiger partial charge is 0.350 e. The summed E-state index contributed by atoms with van der Waals surface area (Å²) >= 11 is 1.11. The number of hydrogen-bond donors (Lipinski definition) is 1. The summed E-state index contributed by atoms with van der Waals surface area (Å²) in [5.74, 6) is -0.650. The second kappa shape index (κ2) is 6.29. The number of carbonyl (C=O) groups excluding carboxylic acids is 2. The Kier molecular flexibility index (Phi) is 4.47. The summed E-state index contributed by atoms with van der Waals surface area (Å²) in [6.45, 7) is 3.32. The minimum absolute atomic E-state index is 0.215. The SMILES string of the molecule is CC(=O)Nc1nc(C)c(C(=O)OCc2ccccc2)s1. The van der Waals surface area contributed by atoms with E-state index in [2.05, 4.69) is 10.3 Å². The van der Waals surface area contributed by atoms with E-state index in [1.54, 1.807) is 6.92 Å². The van der Waals surface area contributed by atoms with Gasteiger partial charge in [0.05, 0.1) is 5.69 Å². The molecule has 0 unspecified atom stereocenters. The minimum atomic E-state index is -0.430. The summed E-state index contributed by atoms with van der Waals surface area (Å²) in [7, 11) is 0. The Labute approximate surface area is 120 Å². The second-order valence-electron chi connectivity index (χ2n) is 4.18. The maximum atomic E-state index is 12.0. The normalized spacial score (nSPS) is 10.1. The lowest BCUT2D eigenvalue weighted by Gasteiger charge is -2.03. The Morgan fingerprint density at radius 3 is 2.65 bits per heavy atom. The first kappa shape index (κ1) is 14.2. The van der Waals surface area contributed by atoms with E-state index >= 15 is 0 Å². The van der Waals surface area contributed by atoms with Crippen molar-refractivity contribution in [1.82, 2.24) is 4.98 Å². The van der Waals surface area contributed by atoms with Crippen molar-refractivity contribution in [2.24, 2.45) is 0 Å². The van der Waals surface area contributed by atoms with Crippen LogP contribution in [0.3, 0.4) is 0 Å². The van der Waals surface area contributed by atoms with Gasteiger partial charge < -0.3 is 10.1 Å². The Morgan fingerprint density at radius 1 is 1.30 bits per heavy atom. The van der Waals surface area contributed by atoms with Gasteiger partial charge in [-0.05, 0) is 12.5 Å². The molecule has 0 aliphatic heterocycles. The van der Waals surface area contributed by atoms with Gasteiger partial charge in [-0.1, -0.05) is 41.7 Å². The largest absolute Gasteiger partial charge is 0.457 e. The lowest BCUT2D eigenvalue weighted by Crippen LogP contribution is -2.04. The third kappa shape index (κ3) is 3.64. The highest BCUT2D eigenvalue weighted by atomic mass is 32.1. The molecule has 1 N–H and O–H groups in total. The van der Waals surface area contributed by atoms with E-state index in [1.165, 1.54) is 6.92 Å². The van der Waals surface area contributed by atoms with E-state index in [0.717, 1.165) is 16.9 Å². The standard InChI is InChI=1S/C14H14N2O3S/c1-9-12(20-14(15-9)16-10(2)17)13(18)19-8-11-6-4-3-5-7-11/h3-7H,8H2,1-2H3,(H,15,16,17). The van der Waals surface area contributed by atoms with Gasteiger partial charge in [0.1, 0.15) is 11.5 Å². The molecular weight excluding hydrogens is 276 g/mol. The maximum absolute atomic E-state index is 12.0. The molecular formula is C14H14N2O3S. The van der Waals surface area contributed by atoms with Crippen LogP contribution in [0.4, 0.5) is 5.13 Å². The van der Waals surface area contributed by atoms with E-state index in [-0.39, 0.29) is 12.5 Å². The van der Waals surface area contributed by atoms with Gasteiger partial charge in [0.15, 0.2) is 5.13 Å². The number of nitrogens with one attached hydrogen (secondary N) is 1. The van der Waals surface area contributed by atoms with Crippen molar-refractivity contribution in [1.29, 1.82) is 0 Å². The van der Waals surface area contributed by atoms with E-state index < -0.39 is 5.97 Å². The van der Waals surface area contributed by atoms with Gasteiger partial charge in [0, 0.05) is 6.92 Å². The minimum Gasteiger partial charge on any atom is -0.457 e. The first-order valence-corrected chi connectivity index (χ1v) is 6.84. The Hall–Kier alpha value is -2.21. The van der Waals surface area contributed by atoms with Crippen molar-refractivity contribution in [3.8, 4) is 0 Å². The lowest BCUT2D eigenvalue weighted by molar-refractivity contribution is -0.114. The predicted octanol–water partition coefficient (Wildman–Crippen LogP) is 2.77. The molecule has 1 amide bonds. The molecule has 1 aromatic carbocycles. The Balaban J connectivity index is 2.02. The topological polar surface area (TPSA) is 68.3 Å². The molecule has 0 saturated carbocycles. The number of amides is 1. The van der Waals surface area contributed by atoms with Crippen LogP contribution in [0.15, 0.2) is 30.3 Å². The Bertz CT molecular complexity index is 623. The highest BCUT2D eigenvalue weighted by Gasteiger charge is 2.17. The van der Waals surface area contributed by atoms with Crippen molar-refractivity contribution in [3.63, 3.8) is 0 Å². The van der Waals surface area contributed by atoms with Crippen molar-refractivity contribution in [2.45, 2.75) is 20.5 Å². The van der Waals surface area contributed by atoms with E-state index in [1.807, 2.05) is 30.3 Å². The van der Waals surface area contributed by atoms with Gasteiger partial charge in [-0.2, -0.15) is 0 Å². The zero-order valence-corrected chi connectivity index (χ0v) is 12.0. The Morgan fingerprint density at radius 2 is 2.00 bits per heavy atom. The number of aryl methyl sites for hydroxylation is 1. The number of benzene rings is 1. The van der Waals surface area contributed by atoms with Crippen molar-refractivity contribution in [3.05, 3.63) is 46.5 Å². The van der Waals surface area contributed by atoms with Crippen LogP contribution in [0.2, 0.25) is 0 Å². The highest BCUT2D eigenvalue weighted by Crippen LogP contribution is 2.23. The van der Waals surface area contributed by atoms with Crippen LogP contribution in [0, 0.1) is 6.92 Å². The van der Waals surface area contributed by atoms with Gasteiger partial charge in [-0.25, -0.2) is 9.78 Å². The van der Waals surface area contributed by atoms with E-state index in [9.17, 15) is 9.59 Å². The fourth-order valence-corrected chi connectivity index (χ4v) is 2.48. The van der Waals surface area contributed by atoms with Crippen LogP contribution in [0.5, 0.6) is 0 Å². The monoisotopic (exact) mass is 290 g/mol. The van der Waals surface area contributed by atoms with Gasteiger partial charge >= 0.3 is 5.97 Å². The molecule has 104 valence electrons. The summed E-state index contributed by atoms with van der Waals surface area (Å²) < 4.78 is 5.23. The number of thiazole rings is 1. The molecule has 1 heterocycles. The van der Waals surface area contributed by atoms with Crippen LogP contribution in [-0.4, -0.2) is 16.9 Å². The fourth-order valence-electron chi connectivity index (χ4n) is 1.58. The van der Waals surface area contributed by atoms with Crippen LogP contribution >= 0.6 is 11.3 Å². The van der Waals surface area contributed by atoms with Crippen LogP contribution < -0.4 is 5.32 Å². The van der Waals surface area contributed by atoms with Crippen LogP contribution in [0.1, 0.15) is 27.9 Å². The molecule has 0 atom stereocenters. The summed E-state index contributed by atoms with van der Waals surface area (Å²) in [5, 5.41) is 2.96. The molecule has 20 heavy (non-hydrogen) atoms. The van der Waals surface area contributed by atoms with Gasteiger partial charge in [0.2, 0.25) is 5.91 Å². The molecule has 0 aliphatic carbocycles. The molecule has 0 saturated heterocycles. The number of nitrogens with zero attached hydrogens (tertiary/aromatic N) is 1. The quantitative estimate of drug-likeness (QED) is 0.879. The maximum Gasteiger partial charge on any atom is 0.350 e. The predicted molar refractivity (Wildman–Crippen MR) is 76.7 cm³/mol. The van der Waals surface area contributed by atoms with Crippen LogP contribution in [0.25, 0.3) is 0 Å². The van der Waals surface area contributed by atoms with E-state index in [0.29, 0.717) is 15.7 Å². The highest BCUT2D eigenvalue weighted by molar-refractivity contribution is 7.17. The number of rotatable bonds is 4. The number of aromatic nitrogens is 1. The van der Waals surface area contributed by atoms with Gasteiger partial charge in [-0.15, -0.1) is 0 Å². The molecule has 2 rings (SSSR count). The average Bonchev–Trinajstić information content (AvgIpc) is 2.77. The zero-order valence-electron chi connectivity index (χ0n) is 11.2. The number of esters is 1. The van der Waals surface area contributed by atoms with Gasteiger partial charge in [0.25, 0.3) is 0 Å². The first-order chi connectivity index (χ1) is 9.56. The first-order valence-electron chi connectivity index (χ1n) is 6.02. The fraction of sp³-hybridized carbons (Fsp3) is 0.214. The molecule has 2 aromatic rings. The van der Waals surface area contributed by atoms with Crippen molar-refractivity contribution >= 4 is 28.3 Å². The number of carbonyl (C=O) groups is 2. The lowest BCUT2D eigenvalue weighted by atomic mass is 10.2. The number of anilines is 1. The molecule has 0 aliphatic rings. The van der Waals surface area contributed by atoms with E-state index in [4.69, 9.17) is 4.74 Å². The molecule has 0 fully saturated rings. The van der Waals surface area contributed by atoms with Crippen LogP contribution in [-0.2, 0) is 16.1 Å². The molecule has 5 nitrogen and oxygen atoms in total. The summed E-state index contributed by atoms with van der Waals surface area (Å²) in [5.41, 5.74) is 1.47. The molecule has 0 spiro atoms. The second-order valence-corrected chi connectivity index (χ2v) is 5.18. The number of ether oxygens (including phenoxy) is 1. The molecule has 0 bridgehead atoms.